The number of nitrogens with one attached hydrogen (secondary N) is 1. The highest BCUT2D eigenvalue weighted by atomic mass is 32.2. The minimum atomic E-state index is -2.79. The number of hydrogen-bond acceptors (Lipinski definition) is 4. The van der Waals surface area contributed by atoms with E-state index >= 15 is 0 Å². The molecule has 1 N–H and O–H groups in total. The molecule has 0 spiro atoms. The predicted octanol–water partition coefficient (Wildman–Crippen LogP) is 2.52. The average Bonchev–Trinajstić information content (AvgIpc) is 2.53. The number of methoxy groups -OCH3 is 1. The van der Waals surface area contributed by atoms with Gasteiger partial charge in [0, 0.05) is 12.6 Å². The van der Waals surface area contributed by atoms with Gasteiger partial charge in [-0.05, 0) is 47.4 Å². The summed E-state index contributed by atoms with van der Waals surface area (Å²) >= 11 is 0. The van der Waals surface area contributed by atoms with Crippen molar-refractivity contribution < 1.29 is 13.2 Å². The number of rotatable bonds is 4. The Balaban J connectivity index is 1.64. The van der Waals surface area contributed by atoms with E-state index in [1.54, 1.807) is 7.11 Å². The summed E-state index contributed by atoms with van der Waals surface area (Å²) in [6.45, 7) is 0.771. The lowest BCUT2D eigenvalue weighted by atomic mass is 10.1. The van der Waals surface area contributed by atoms with Gasteiger partial charge >= 0.3 is 0 Å². The third kappa shape index (κ3) is 3.59. The van der Waals surface area contributed by atoms with Crippen molar-refractivity contribution in [3.63, 3.8) is 0 Å². The van der Waals surface area contributed by atoms with E-state index in [-0.39, 0.29) is 0 Å². The first-order valence-corrected chi connectivity index (χ1v) is 9.38. The van der Waals surface area contributed by atoms with Crippen LogP contribution in [-0.4, -0.2) is 33.1 Å². The maximum absolute atomic E-state index is 11.4. The molecule has 4 nitrogen and oxygen atoms in total. The van der Waals surface area contributed by atoms with Crippen molar-refractivity contribution >= 4 is 20.6 Å². The van der Waals surface area contributed by atoms with E-state index in [0.717, 1.165) is 17.7 Å². The summed E-state index contributed by atoms with van der Waals surface area (Å²) in [6.07, 6.45) is 1.43. The van der Waals surface area contributed by atoms with Crippen LogP contribution < -0.4 is 10.1 Å². The first kappa shape index (κ1) is 15.3. The first-order chi connectivity index (χ1) is 10.6. The molecule has 5 heteroatoms. The van der Waals surface area contributed by atoms with Crippen molar-refractivity contribution in [1.29, 1.82) is 0 Å². The van der Waals surface area contributed by atoms with E-state index < -0.39 is 9.84 Å². The molecule has 0 aromatic heterocycles. The molecule has 1 aliphatic rings. The normalized spacial score (nSPS) is 18.4. The fourth-order valence-corrected chi connectivity index (χ4v) is 4.36. The largest absolute Gasteiger partial charge is 0.497 e. The van der Waals surface area contributed by atoms with E-state index in [2.05, 4.69) is 29.6 Å². The van der Waals surface area contributed by atoms with Crippen LogP contribution in [0.4, 0.5) is 0 Å². The Morgan fingerprint density at radius 2 is 1.77 bits per heavy atom. The Morgan fingerprint density at radius 1 is 1.09 bits per heavy atom. The zero-order chi connectivity index (χ0) is 15.6. The van der Waals surface area contributed by atoms with Crippen LogP contribution in [0.2, 0.25) is 0 Å². The van der Waals surface area contributed by atoms with Gasteiger partial charge in [0.05, 0.1) is 18.6 Å². The zero-order valence-corrected chi connectivity index (χ0v) is 13.5. The molecule has 0 saturated carbocycles. The monoisotopic (exact) mass is 319 g/mol. The molecule has 2 aromatic carbocycles. The second-order valence-electron chi connectivity index (χ2n) is 5.85. The van der Waals surface area contributed by atoms with Crippen LogP contribution in [0.5, 0.6) is 5.75 Å². The van der Waals surface area contributed by atoms with Crippen molar-refractivity contribution in [3.05, 3.63) is 42.0 Å². The first-order valence-electron chi connectivity index (χ1n) is 7.56. The molecule has 2 aromatic rings. The fourth-order valence-electron chi connectivity index (χ4n) is 2.87. The molecule has 0 amide bonds. The van der Waals surface area contributed by atoms with Crippen molar-refractivity contribution in [2.75, 3.05) is 18.6 Å². The van der Waals surface area contributed by atoms with Gasteiger partial charge in [-0.2, -0.15) is 0 Å². The second-order valence-corrected chi connectivity index (χ2v) is 8.16. The van der Waals surface area contributed by atoms with Crippen LogP contribution in [0, 0.1) is 0 Å². The maximum atomic E-state index is 11.4. The summed E-state index contributed by atoms with van der Waals surface area (Å²) in [5.41, 5.74) is 1.21. The van der Waals surface area contributed by atoms with Crippen LogP contribution in [0.3, 0.4) is 0 Å². The maximum Gasteiger partial charge on any atom is 0.150 e. The number of fused-ring (bicyclic) bond motifs is 1. The quantitative estimate of drug-likeness (QED) is 0.941. The summed E-state index contributed by atoms with van der Waals surface area (Å²) in [7, 11) is -1.12. The molecule has 0 aliphatic carbocycles. The lowest BCUT2D eigenvalue weighted by Gasteiger charge is -2.23. The molecule has 1 saturated heterocycles. The van der Waals surface area contributed by atoms with Gasteiger partial charge in [0.25, 0.3) is 0 Å². The SMILES string of the molecule is COc1ccc2cc(CNC3CCS(=O)(=O)CC3)ccc2c1. The highest BCUT2D eigenvalue weighted by molar-refractivity contribution is 7.91. The van der Waals surface area contributed by atoms with Gasteiger partial charge in [-0.3, -0.25) is 0 Å². The summed E-state index contributed by atoms with van der Waals surface area (Å²) in [6, 6.07) is 12.7. The molecule has 0 radical (unpaired) electrons. The lowest BCUT2D eigenvalue weighted by molar-refractivity contribution is 0.415. The van der Waals surface area contributed by atoms with Gasteiger partial charge in [-0.15, -0.1) is 0 Å². The van der Waals surface area contributed by atoms with Crippen LogP contribution >= 0.6 is 0 Å². The highest BCUT2D eigenvalue weighted by Gasteiger charge is 2.22. The minimum Gasteiger partial charge on any atom is -0.497 e. The van der Waals surface area contributed by atoms with Crippen LogP contribution in [-0.2, 0) is 16.4 Å². The van der Waals surface area contributed by atoms with Gasteiger partial charge in [0.1, 0.15) is 15.6 Å². The van der Waals surface area contributed by atoms with Crippen molar-refractivity contribution in [3.8, 4) is 5.75 Å². The van der Waals surface area contributed by atoms with Gasteiger partial charge in [-0.1, -0.05) is 18.2 Å². The third-order valence-corrected chi connectivity index (χ3v) is 5.98. The summed E-state index contributed by atoms with van der Waals surface area (Å²) in [5, 5.41) is 5.82. The van der Waals surface area contributed by atoms with Crippen molar-refractivity contribution in [2.45, 2.75) is 25.4 Å². The number of benzene rings is 2. The van der Waals surface area contributed by atoms with E-state index in [1.165, 1.54) is 10.9 Å². The fraction of sp³-hybridized carbons (Fsp3) is 0.412. The van der Waals surface area contributed by atoms with Crippen LogP contribution in [0.25, 0.3) is 10.8 Å². The number of ether oxygens (including phenoxy) is 1. The lowest BCUT2D eigenvalue weighted by Crippen LogP contribution is -2.37. The highest BCUT2D eigenvalue weighted by Crippen LogP contribution is 2.22. The average molecular weight is 319 g/mol. The van der Waals surface area contributed by atoms with E-state index in [0.29, 0.717) is 30.4 Å². The van der Waals surface area contributed by atoms with Gasteiger partial charge < -0.3 is 10.1 Å². The summed E-state index contributed by atoms with van der Waals surface area (Å²) in [4.78, 5) is 0. The van der Waals surface area contributed by atoms with Crippen molar-refractivity contribution in [2.24, 2.45) is 0 Å². The molecule has 0 bridgehead atoms. The van der Waals surface area contributed by atoms with E-state index in [4.69, 9.17) is 4.74 Å². The Kier molecular flexibility index (Phi) is 4.36. The second kappa shape index (κ2) is 6.26. The van der Waals surface area contributed by atoms with Gasteiger partial charge in [-0.25, -0.2) is 8.42 Å². The molecule has 1 fully saturated rings. The summed E-state index contributed by atoms with van der Waals surface area (Å²) in [5.74, 6) is 1.48. The van der Waals surface area contributed by atoms with E-state index in [9.17, 15) is 8.42 Å². The van der Waals surface area contributed by atoms with Crippen molar-refractivity contribution in [1.82, 2.24) is 5.32 Å². The molecule has 22 heavy (non-hydrogen) atoms. The van der Waals surface area contributed by atoms with Crippen LogP contribution in [0.15, 0.2) is 36.4 Å². The Morgan fingerprint density at radius 3 is 2.50 bits per heavy atom. The molecule has 0 unspecified atom stereocenters. The topological polar surface area (TPSA) is 55.4 Å². The van der Waals surface area contributed by atoms with Gasteiger partial charge in [0.2, 0.25) is 0 Å². The molecule has 1 aliphatic heterocycles. The van der Waals surface area contributed by atoms with Gasteiger partial charge in [0.15, 0.2) is 0 Å². The zero-order valence-electron chi connectivity index (χ0n) is 12.7. The molecule has 118 valence electrons. The Hall–Kier alpha value is -1.59. The van der Waals surface area contributed by atoms with E-state index in [1.807, 2.05) is 12.1 Å². The third-order valence-electron chi connectivity index (χ3n) is 4.26. The smallest absolute Gasteiger partial charge is 0.150 e. The number of hydrogen-bond donors (Lipinski definition) is 1. The van der Waals surface area contributed by atoms with Crippen LogP contribution in [0.1, 0.15) is 18.4 Å². The Bertz CT molecular complexity index is 757. The Labute approximate surface area is 131 Å². The standard InChI is InChI=1S/C17H21NO3S/c1-21-17-5-4-14-10-13(2-3-15(14)11-17)12-18-16-6-8-22(19,20)9-7-16/h2-5,10-11,16,18H,6-9,12H2,1H3. The minimum absolute atomic E-state index is 0.301. The number of sulfone groups is 1. The molecule has 0 atom stereocenters. The predicted molar refractivity (Wildman–Crippen MR) is 89.0 cm³/mol. The molecular formula is C17H21NO3S. The molecule has 3 rings (SSSR count). The summed E-state index contributed by atoms with van der Waals surface area (Å²) < 4.78 is 28.1. The molecular weight excluding hydrogens is 298 g/mol. The molecule has 1 heterocycles.